The van der Waals surface area contributed by atoms with Crippen molar-refractivity contribution in [1.29, 1.82) is 0 Å². The summed E-state index contributed by atoms with van der Waals surface area (Å²) < 4.78 is 0. The Morgan fingerprint density at radius 2 is 2.00 bits per heavy atom. The first kappa shape index (κ1) is 11.8. The van der Waals surface area contributed by atoms with Gasteiger partial charge < -0.3 is 0 Å². The molecule has 0 spiro atoms. The van der Waals surface area contributed by atoms with Crippen LogP contribution in [0.5, 0.6) is 0 Å². The third-order valence-corrected chi connectivity index (χ3v) is 3.03. The van der Waals surface area contributed by atoms with Crippen molar-refractivity contribution in [3.8, 4) is 22.4 Å². The molecule has 0 saturated carbocycles. The highest BCUT2D eigenvalue weighted by atomic mass is 32.1. The number of thiazole rings is 1. The predicted molar refractivity (Wildman–Crippen MR) is 73.0 cm³/mol. The maximum atomic E-state index is 4.50. The second-order valence-corrected chi connectivity index (χ2v) is 4.80. The van der Waals surface area contributed by atoms with Crippen molar-refractivity contribution in [2.24, 2.45) is 0 Å². The smallest absolute Gasteiger partial charge is 0.124 e. The minimum absolute atomic E-state index is 0.762. The first-order valence-electron chi connectivity index (χ1n) is 5.40. The van der Waals surface area contributed by atoms with E-state index in [4.69, 9.17) is 0 Å². The number of aromatic nitrogens is 1. The summed E-state index contributed by atoms with van der Waals surface area (Å²) in [5.41, 5.74) is 2.01. The van der Waals surface area contributed by atoms with E-state index < -0.39 is 0 Å². The molecular weight excluding hydrogens is 228 g/mol. The summed E-state index contributed by atoms with van der Waals surface area (Å²) in [7, 11) is 4.01. The monoisotopic (exact) mass is 242 g/mol. The first-order valence-corrected chi connectivity index (χ1v) is 6.28. The van der Waals surface area contributed by atoms with Crippen molar-refractivity contribution in [2.75, 3.05) is 20.6 Å². The van der Waals surface area contributed by atoms with Gasteiger partial charge in [-0.1, -0.05) is 36.3 Å². The van der Waals surface area contributed by atoms with E-state index in [2.05, 4.69) is 29.0 Å². The zero-order chi connectivity index (χ0) is 12.1. The molecule has 3 heteroatoms. The van der Waals surface area contributed by atoms with E-state index in [1.54, 1.807) is 11.3 Å². The van der Waals surface area contributed by atoms with E-state index in [1.807, 2.05) is 42.6 Å². The Bertz CT molecular complexity index is 532. The summed E-state index contributed by atoms with van der Waals surface area (Å²) in [5, 5.41) is 3.03. The molecule has 0 amide bonds. The second kappa shape index (κ2) is 5.62. The van der Waals surface area contributed by atoms with E-state index in [0.29, 0.717) is 0 Å². The molecule has 0 N–H and O–H groups in total. The van der Waals surface area contributed by atoms with Crippen LogP contribution in [0.1, 0.15) is 5.69 Å². The fraction of sp³-hybridized carbons (Fsp3) is 0.214. The molecule has 0 aliphatic rings. The number of benzene rings is 1. The molecule has 0 bridgehead atoms. The van der Waals surface area contributed by atoms with E-state index in [1.165, 1.54) is 0 Å². The third kappa shape index (κ3) is 3.42. The van der Waals surface area contributed by atoms with Crippen LogP contribution in [0, 0.1) is 11.8 Å². The molecule has 2 rings (SSSR count). The van der Waals surface area contributed by atoms with Gasteiger partial charge in [0.25, 0.3) is 0 Å². The molecule has 0 aliphatic heterocycles. The number of nitrogens with zero attached hydrogens (tertiary/aromatic N) is 2. The Balaban J connectivity index is 2.13. The molecular formula is C14H14N2S. The normalized spacial score (nSPS) is 10.1. The van der Waals surface area contributed by atoms with Crippen molar-refractivity contribution < 1.29 is 0 Å². The number of rotatable bonds is 2. The van der Waals surface area contributed by atoms with Crippen LogP contribution in [-0.2, 0) is 0 Å². The lowest BCUT2D eigenvalue weighted by Crippen LogP contribution is -2.10. The van der Waals surface area contributed by atoms with Gasteiger partial charge in [0.2, 0.25) is 0 Å². The van der Waals surface area contributed by atoms with Crippen LogP contribution in [0.3, 0.4) is 0 Å². The maximum Gasteiger partial charge on any atom is 0.124 e. The fourth-order valence-corrected chi connectivity index (χ4v) is 2.09. The highest BCUT2D eigenvalue weighted by Gasteiger charge is 2.01. The first-order chi connectivity index (χ1) is 8.25. The van der Waals surface area contributed by atoms with Gasteiger partial charge in [-0.2, -0.15) is 0 Å². The van der Waals surface area contributed by atoms with Gasteiger partial charge in [0.05, 0.1) is 6.54 Å². The van der Waals surface area contributed by atoms with Crippen LogP contribution in [-0.4, -0.2) is 30.5 Å². The quantitative estimate of drug-likeness (QED) is 0.753. The lowest BCUT2D eigenvalue weighted by atomic mass is 10.2. The Morgan fingerprint density at radius 1 is 1.24 bits per heavy atom. The van der Waals surface area contributed by atoms with Gasteiger partial charge in [-0.25, -0.2) is 4.98 Å². The molecule has 0 fully saturated rings. The van der Waals surface area contributed by atoms with E-state index in [9.17, 15) is 0 Å². The topological polar surface area (TPSA) is 16.1 Å². The lowest BCUT2D eigenvalue weighted by Gasteiger charge is -2.00. The van der Waals surface area contributed by atoms with Crippen molar-refractivity contribution in [1.82, 2.24) is 9.88 Å². The fourth-order valence-electron chi connectivity index (χ4n) is 1.33. The minimum Gasteiger partial charge on any atom is -0.299 e. The highest BCUT2D eigenvalue weighted by molar-refractivity contribution is 7.13. The average molecular weight is 242 g/mol. The third-order valence-electron chi connectivity index (χ3n) is 2.14. The van der Waals surface area contributed by atoms with Crippen LogP contribution < -0.4 is 0 Å². The molecule has 0 unspecified atom stereocenters. The summed E-state index contributed by atoms with van der Waals surface area (Å²) in [4.78, 5) is 6.54. The predicted octanol–water partition coefficient (Wildman–Crippen LogP) is 2.72. The summed E-state index contributed by atoms with van der Waals surface area (Å²) in [6, 6.07) is 10.2. The molecule has 2 aromatic rings. The average Bonchev–Trinajstić information content (AvgIpc) is 2.78. The molecule has 0 saturated heterocycles. The van der Waals surface area contributed by atoms with E-state index >= 15 is 0 Å². The number of hydrogen-bond donors (Lipinski definition) is 0. The minimum atomic E-state index is 0.762. The molecule has 1 aromatic heterocycles. The summed E-state index contributed by atoms with van der Waals surface area (Å²) in [6.45, 7) is 0.762. The Hall–Kier alpha value is -1.63. The van der Waals surface area contributed by atoms with E-state index in [-0.39, 0.29) is 0 Å². The second-order valence-electron chi connectivity index (χ2n) is 3.94. The number of hydrogen-bond acceptors (Lipinski definition) is 3. The van der Waals surface area contributed by atoms with Gasteiger partial charge in [0.15, 0.2) is 0 Å². The Labute approximate surface area is 106 Å². The molecule has 1 heterocycles. The van der Waals surface area contributed by atoms with Crippen molar-refractivity contribution in [3.05, 3.63) is 41.4 Å². The van der Waals surface area contributed by atoms with E-state index in [0.717, 1.165) is 22.8 Å². The summed E-state index contributed by atoms with van der Waals surface area (Å²) in [6.07, 6.45) is 0. The lowest BCUT2D eigenvalue weighted by molar-refractivity contribution is 0.464. The van der Waals surface area contributed by atoms with Gasteiger partial charge in [-0.05, 0) is 20.0 Å². The SMILES string of the molecule is CN(C)CC#Cc1csc(-c2ccccc2)n1. The standard InChI is InChI=1S/C14H14N2S/c1-16(2)10-6-9-13-11-17-14(15-13)12-7-4-3-5-8-12/h3-5,7-8,11H,10H2,1-2H3. The Kier molecular flexibility index (Phi) is 3.92. The molecule has 17 heavy (non-hydrogen) atoms. The van der Waals surface area contributed by atoms with Gasteiger partial charge in [-0.15, -0.1) is 11.3 Å². The maximum absolute atomic E-state index is 4.50. The molecule has 0 radical (unpaired) electrons. The summed E-state index contributed by atoms with van der Waals surface area (Å²) >= 11 is 1.63. The van der Waals surface area contributed by atoms with Gasteiger partial charge >= 0.3 is 0 Å². The Morgan fingerprint density at radius 3 is 2.71 bits per heavy atom. The molecule has 2 nitrogen and oxygen atoms in total. The van der Waals surface area contributed by atoms with Crippen LogP contribution in [0.2, 0.25) is 0 Å². The molecule has 86 valence electrons. The molecule has 0 aliphatic carbocycles. The zero-order valence-electron chi connectivity index (χ0n) is 9.97. The zero-order valence-corrected chi connectivity index (χ0v) is 10.8. The van der Waals surface area contributed by atoms with Gasteiger partial charge in [0.1, 0.15) is 10.7 Å². The highest BCUT2D eigenvalue weighted by Crippen LogP contribution is 2.22. The van der Waals surface area contributed by atoms with Crippen LogP contribution in [0.25, 0.3) is 10.6 Å². The molecule has 1 aromatic carbocycles. The van der Waals surface area contributed by atoms with Gasteiger partial charge in [-0.3, -0.25) is 4.90 Å². The molecule has 0 atom stereocenters. The van der Waals surface area contributed by atoms with Crippen molar-refractivity contribution in [2.45, 2.75) is 0 Å². The van der Waals surface area contributed by atoms with Crippen molar-refractivity contribution in [3.63, 3.8) is 0 Å². The van der Waals surface area contributed by atoms with Crippen molar-refractivity contribution >= 4 is 11.3 Å². The van der Waals surface area contributed by atoms with Crippen LogP contribution in [0.4, 0.5) is 0 Å². The van der Waals surface area contributed by atoms with Crippen LogP contribution in [0.15, 0.2) is 35.7 Å². The van der Waals surface area contributed by atoms with Crippen LogP contribution >= 0.6 is 11.3 Å². The summed E-state index contributed by atoms with van der Waals surface area (Å²) in [5.74, 6) is 6.16. The van der Waals surface area contributed by atoms with Gasteiger partial charge in [0, 0.05) is 10.9 Å². The largest absolute Gasteiger partial charge is 0.299 e.